The van der Waals surface area contributed by atoms with Gasteiger partial charge in [-0.1, -0.05) is 12.1 Å². The number of carboxylic acids is 1. The fourth-order valence-electron chi connectivity index (χ4n) is 8.20. The number of benzene rings is 3. The van der Waals surface area contributed by atoms with Gasteiger partial charge in [-0.3, -0.25) is 29.3 Å². The number of aliphatic carboxylic acids is 1. The molecule has 1 saturated heterocycles. The van der Waals surface area contributed by atoms with Gasteiger partial charge in [0.1, 0.15) is 24.0 Å². The van der Waals surface area contributed by atoms with Gasteiger partial charge in [-0.15, -0.1) is 0 Å². The lowest BCUT2D eigenvalue weighted by atomic mass is 10.0. The lowest BCUT2D eigenvalue weighted by molar-refractivity contribution is -0.139. The summed E-state index contributed by atoms with van der Waals surface area (Å²) >= 11 is 0. The van der Waals surface area contributed by atoms with Crippen molar-refractivity contribution in [3.63, 3.8) is 0 Å². The molecule has 1 atom stereocenters. The first-order valence-electron chi connectivity index (χ1n) is 24.8. The largest absolute Gasteiger partial charge is 0.508 e. The van der Waals surface area contributed by atoms with Crippen molar-refractivity contribution in [1.82, 2.24) is 50.8 Å². The molecule has 2 aliphatic rings. The van der Waals surface area contributed by atoms with Crippen LogP contribution in [0.2, 0.25) is 0 Å². The summed E-state index contributed by atoms with van der Waals surface area (Å²) in [6, 6.07) is 16.3. The number of carboxylic acid groups (broad SMARTS) is 1. The lowest BCUT2D eigenvalue weighted by Gasteiger charge is -2.27. The number of ether oxygens (including phenoxy) is 4. The van der Waals surface area contributed by atoms with Crippen LogP contribution in [0.5, 0.6) is 5.75 Å². The van der Waals surface area contributed by atoms with E-state index in [2.05, 4.69) is 46.4 Å². The van der Waals surface area contributed by atoms with Gasteiger partial charge in [-0.05, 0) is 67.9 Å². The second-order valence-corrected chi connectivity index (χ2v) is 17.5. The zero-order valence-corrected chi connectivity index (χ0v) is 42.9. The number of nitrogen functional groups attached to an aromatic ring is 2. The number of fused-ring (bicyclic) bond motifs is 4. The van der Waals surface area contributed by atoms with Crippen molar-refractivity contribution in [2.24, 2.45) is 5.73 Å². The third-order valence-corrected chi connectivity index (χ3v) is 11.9. The molecule has 1 unspecified atom stereocenters. The summed E-state index contributed by atoms with van der Waals surface area (Å²) in [5, 5.41) is 33.4. The van der Waals surface area contributed by atoms with Gasteiger partial charge in [-0.25, -0.2) is 24.6 Å². The van der Waals surface area contributed by atoms with Gasteiger partial charge in [0.2, 0.25) is 17.8 Å². The van der Waals surface area contributed by atoms with Crippen LogP contribution >= 0.6 is 0 Å². The molecule has 0 bridgehead atoms. The number of amides is 5. The molecule has 8 rings (SSSR count). The Bertz CT molecular complexity index is 3100. The normalized spacial score (nSPS) is 13.1. The Morgan fingerprint density at radius 3 is 2.28 bits per heavy atom. The minimum absolute atomic E-state index is 0.0161. The van der Waals surface area contributed by atoms with Crippen molar-refractivity contribution in [3.05, 3.63) is 95.3 Å². The molecule has 6 aromatic rings. The van der Waals surface area contributed by atoms with Gasteiger partial charge in [0.05, 0.1) is 87.2 Å². The highest BCUT2D eigenvalue weighted by molar-refractivity contribution is 6.27. The van der Waals surface area contributed by atoms with Crippen LogP contribution in [-0.4, -0.2) is 166 Å². The predicted molar refractivity (Wildman–Crippen MR) is 284 cm³/mol. The number of nitrogens with zero attached hydrogens (tertiary/aromatic N) is 8. The average molecular weight is 1080 g/mol. The molecule has 1 aliphatic carbocycles. The fraction of sp³-hybridized carbons (Fsp3) is 0.353. The summed E-state index contributed by atoms with van der Waals surface area (Å²) in [6.45, 7) is 7.27. The Kier molecular flexibility index (Phi) is 19.8. The average Bonchev–Trinajstić information content (AvgIpc) is 3.99. The van der Waals surface area contributed by atoms with E-state index in [0.717, 1.165) is 5.69 Å². The van der Waals surface area contributed by atoms with Crippen molar-refractivity contribution in [3.8, 4) is 28.3 Å². The summed E-state index contributed by atoms with van der Waals surface area (Å²) < 4.78 is 22.5. The van der Waals surface area contributed by atoms with Crippen molar-refractivity contribution in [2.75, 3.05) is 101 Å². The number of ketones is 1. The summed E-state index contributed by atoms with van der Waals surface area (Å²) in [4.78, 5) is 93.1. The molecule has 0 radical (unpaired) electrons. The Balaban J connectivity index is 0.000000233. The molecule has 0 saturated carbocycles. The molecule has 3 aromatic heterocycles. The number of hydrogen-bond donors (Lipinski definition) is 9. The number of aromatic hydroxyl groups is 1. The van der Waals surface area contributed by atoms with E-state index < -0.39 is 29.9 Å². The summed E-state index contributed by atoms with van der Waals surface area (Å²) in [7, 11) is 1.83. The van der Waals surface area contributed by atoms with Gasteiger partial charge in [0, 0.05) is 62.1 Å². The van der Waals surface area contributed by atoms with Gasteiger partial charge in [0.15, 0.2) is 22.8 Å². The number of carbonyl (C=O) groups excluding carboxylic acids is 5. The summed E-state index contributed by atoms with van der Waals surface area (Å²) in [6.07, 6.45) is 1.41. The molecule has 1 aliphatic heterocycles. The van der Waals surface area contributed by atoms with Crippen LogP contribution in [-0.2, 0) is 46.4 Å². The molecule has 78 heavy (non-hydrogen) atoms. The number of primary amides is 1. The predicted octanol–water partition coefficient (Wildman–Crippen LogP) is 1.69. The standard InChI is InChI=1S/C28H39N9O7.C23H22N6O5/c1-3-42-12-13-44-15-14-43-11-10-31-22(38)9-8-21(27(40)41)34-26(39)18-4-6-20(7-5-18)37(2)17-19-16-32-25-23(33-19)24(29)35-28(30)36-25;24-17(31)12-29-21(13-4-6-14(30)7-5-13)19-20(26-29)15-2-1-3-16(18(15)22(19)32)25-23(33)27-28-8-10-34-11-9-28/h4-7,16,21H,3,8-15,17H2,1-2H3,(H,31,38)(H,34,39)(H,40,41)(H4,29,30,32,35,36);1-7,30H,8-12H2,(H2,24,31)(H2,25,27,33). The number of morpholine rings is 1. The minimum atomic E-state index is -1.24. The minimum Gasteiger partial charge on any atom is -0.508 e. The van der Waals surface area contributed by atoms with E-state index in [4.69, 9.17) is 36.1 Å². The van der Waals surface area contributed by atoms with Gasteiger partial charge < -0.3 is 67.2 Å². The maximum Gasteiger partial charge on any atom is 0.333 e. The number of rotatable bonds is 24. The van der Waals surface area contributed by atoms with E-state index in [1.165, 1.54) is 16.8 Å². The van der Waals surface area contributed by atoms with Crippen LogP contribution in [0.15, 0.2) is 72.9 Å². The molecule has 27 heteroatoms. The van der Waals surface area contributed by atoms with Crippen molar-refractivity contribution in [1.29, 1.82) is 0 Å². The molecule has 5 amide bonds. The third kappa shape index (κ3) is 15.2. The number of phenolic OH excluding ortho intramolecular Hbond substituents is 1. The van der Waals surface area contributed by atoms with Crippen molar-refractivity contribution in [2.45, 2.75) is 38.9 Å². The van der Waals surface area contributed by atoms with Crippen LogP contribution in [0.4, 0.5) is 27.9 Å². The lowest BCUT2D eigenvalue weighted by Crippen LogP contribution is -2.49. The van der Waals surface area contributed by atoms with Crippen LogP contribution < -0.4 is 43.5 Å². The second-order valence-electron chi connectivity index (χ2n) is 17.5. The second kappa shape index (κ2) is 27.2. The number of hydrogen-bond acceptors (Lipinski definition) is 20. The zero-order chi connectivity index (χ0) is 55.7. The molecule has 3 aromatic carbocycles. The molecule has 1 fully saturated rings. The number of carbonyl (C=O) groups is 6. The monoisotopic (exact) mass is 1080 g/mol. The Hall–Kier alpha value is -8.89. The highest BCUT2D eigenvalue weighted by Crippen LogP contribution is 2.44. The molecule has 12 N–H and O–H groups in total. The van der Waals surface area contributed by atoms with E-state index in [-0.39, 0.29) is 60.7 Å². The number of anilines is 4. The van der Waals surface area contributed by atoms with Crippen molar-refractivity contribution < 1.29 is 57.9 Å². The van der Waals surface area contributed by atoms with E-state index >= 15 is 0 Å². The van der Waals surface area contributed by atoms with E-state index in [1.54, 1.807) is 65.8 Å². The first-order chi connectivity index (χ1) is 37.6. The summed E-state index contributed by atoms with van der Waals surface area (Å²) in [5.74, 6) is -2.87. The molecule has 0 spiro atoms. The first kappa shape index (κ1) is 56.8. The molecule has 412 valence electrons. The van der Waals surface area contributed by atoms with Gasteiger partial charge in [-0.2, -0.15) is 15.1 Å². The van der Waals surface area contributed by atoms with Crippen molar-refractivity contribution >= 4 is 69.8 Å². The molecule has 4 heterocycles. The number of nitrogens with two attached hydrogens (primary N) is 3. The quantitative estimate of drug-likeness (QED) is 0.0389. The number of urea groups is 1. The Labute approximate surface area is 446 Å². The highest BCUT2D eigenvalue weighted by atomic mass is 16.5. The van der Waals surface area contributed by atoms with Gasteiger partial charge >= 0.3 is 12.0 Å². The van der Waals surface area contributed by atoms with E-state index in [0.29, 0.717) is 129 Å². The van der Waals surface area contributed by atoms with E-state index in [9.17, 15) is 39.0 Å². The zero-order valence-electron chi connectivity index (χ0n) is 42.9. The smallest absolute Gasteiger partial charge is 0.333 e. The maximum atomic E-state index is 13.6. The molecular formula is C51H61N15O12. The topological polar surface area (TPSA) is 382 Å². The van der Waals surface area contributed by atoms with Crippen LogP contribution in [0, 0.1) is 0 Å². The summed E-state index contributed by atoms with van der Waals surface area (Å²) in [5.41, 5.74) is 24.9. The molecule has 27 nitrogen and oxygen atoms in total. The van der Waals surface area contributed by atoms with E-state index in [1.807, 2.05) is 18.9 Å². The number of aromatic nitrogens is 6. The third-order valence-electron chi connectivity index (χ3n) is 11.9. The maximum absolute atomic E-state index is 13.6. The Morgan fingerprint density at radius 2 is 1.59 bits per heavy atom. The number of nitrogens with one attached hydrogen (secondary N) is 4. The SMILES string of the molecule is CCOCCOCCOCCNC(=O)CCC(NC(=O)c1ccc(N(C)Cc2cnc3nc(N)nc(N)c3n2)cc1)C(=O)O.NC(=O)Cn1nc2c(c1-c1ccc(O)cc1)C(=O)c1c(NC(=O)NN3CCOCC3)cccc1-2. The number of phenols is 1. The van der Waals surface area contributed by atoms with Crippen LogP contribution in [0.1, 0.15) is 51.7 Å². The van der Waals surface area contributed by atoms with Crippen LogP contribution in [0.25, 0.3) is 33.7 Å². The number of hydrazine groups is 1. The van der Waals surface area contributed by atoms with Crippen LogP contribution in [0.3, 0.4) is 0 Å². The fourth-order valence-corrected chi connectivity index (χ4v) is 8.20. The first-order valence-corrected chi connectivity index (χ1v) is 24.8. The highest BCUT2D eigenvalue weighted by Gasteiger charge is 2.37. The Morgan fingerprint density at radius 1 is 0.885 bits per heavy atom. The van der Waals surface area contributed by atoms with Gasteiger partial charge in [0.25, 0.3) is 5.91 Å². The molecular weight excluding hydrogens is 1010 g/mol.